The molecule has 7 heteroatoms. The van der Waals surface area contributed by atoms with Crippen LogP contribution in [0.3, 0.4) is 0 Å². The van der Waals surface area contributed by atoms with Gasteiger partial charge in [0.1, 0.15) is 18.1 Å². The maximum atomic E-state index is 13.8. The first-order chi connectivity index (χ1) is 17.0. The predicted molar refractivity (Wildman–Crippen MR) is 142 cm³/mol. The summed E-state index contributed by atoms with van der Waals surface area (Å²) in [5.74, 6) is 0.889. The largest absolute Gasteiger partial charge is 0.492 e. The molecule has 0 fully saturated rings. The van der Waals surface area contributed by atoms with Crippen LogP contribution in [0.15, 0.2) is 65.4 Å². The van der Waals surface area contributed by atoms with Crippen LogP contribution >= 0.6 is 11.3 Å². The number of ether oxygens (including phenoxy) is 1. The Morgan fingerprint density at radius 1 is 1.09 bits per heavy atom. The van der Waals surface area contributed by atoms with Gasteiger partial charge in [-0.15, -0.1) is 0 Å². The number of hydrogen-bond acceptors (Lipinski definition) is 5. The van der Waals surface area contributed by atoms with Crippen molar-refractivity contribution >= 4 is 22.9 Å². The smallest absolute Gasteiger partial charge is 0.277 e. The average Bonchev–Trinajstić information content (AvgIpc) is 3.58. The number of nitrogens with one attached hydrogen (secondary N) is 1. The maximum absolute atomic E-state index is 13.8. The number of para-hydroxylation sites is 1. The van der Waals surface area contributed by atoms with Gasteiger partial charge in [-0.1, -0.05) is 44.2 Å². The van der Waals surface area contributed by atoms with Gasteiger partial charge >= 0.3 is 0 Å². The molecule has 1 aliphatic heterocycles. The molecule has 0 spiro atoms. The normalized spacial score (nSPS) is 15.3. The van der Waals surface area contributed by atoms with E-state index in [-0.39, 0.29) is 17.9 Å². The van der Waals surface area contributed by atoms with E-state index < -0.39 is 0 Å². The van der Waals surface area contributed by atoms with E-state index in [0.717, 1.165) is 40.4 Å². The van der Waals surface area contributed by atoms with Crippen molar-refractivity contribution in [3.8, 4) is 16.9 Å². The van der Waals surface area contributed by atoms with E-state index in [1.807, 2.05) is 49.3 Å². The third-order valence-electron chi connectivity index (χ3n) is 6.35. The van der Waals surface area contributed by atoms with E-state index in [4.69, 9.17) is 4.74 Å². The highest BCUT2D eigenvalue weighted by atomic mass is 32.1. The highest BCUT2D eigenvalue weighted by molar-refractivity contribution is 7.08. The Balaban J connectivity index is 1.59. The minimum absolute atomic E-state index is 0.0734. The quantitative estimate of drug-likeness (QED) is 0.334. The van der Waals surface area contributed by atoms with Gasteiger partial charge in [0.2, 0.25) is 0 Å². The molecule has 1 aliphatic rings. The van der Waals surface area contributed by atoms with Crippen molar-refractivity contribution in [1.82, 2.24) is 15.1 Å². The summed E-state index contributed by atoms with van der Waals surface area (Å²) < 4.78 is 6.23. The van der Waals surface area contributed by atoms with Crippen molar-refractivity contribution in [2.45, 2.75) is 25.8 Å². The van der Waals surface area contributed by atoms with E-state index in [2.05, 4.69) is 64.0 Å². The van der Waals surface area contributed by atoms with Crippen LogP contribution in [0.1, 0.15) is 53.1 Å². The summed E-state index contributed by atoms with van der Waals surface area (Å²) in [7, 11) is 4.05. The Morgan fingerprint density at radius 3 is 2.54 bits per heavy atom. The Labute approximate surface area is 210 Å². The van der Waals surface area contributed by atoms with Gasteiger partial charge in [0.25, 0.3) is 5.91 Å². The van der Waals surface area contributed by atoms with Crippen LogP contribution in [0.4, 0.5) is 5.69 Å². The van der Waals surface area contributed by atoms with Crippen LogP contribution in [0.5, 0.6) is 5.75 Å². The Morgan fingerprint density at radius 2 is 1.86 bits per heavy atom. The van der Waals surface area contributed by atoms with Crippen molar-refractivity contribution in [3.63, 3.8) is 0 Å². The molecule has 1 amide bonds. The van der Waals surface area contributed by atoms with Crippen LogP contribution in [-0.4, -0.2) is 48.3 Å². The van der Waals surface area contributed by atoms with E-state index in [0.29, 0.717) is 12.3 Å². The fourth-order valence-electron chi connectivity index (χ4n) is 4.59. The number of aromatic amines is 1. The van der Waals surface area contributed by atoms with Gasteiger partial charge in [-0.3, -0.25) is 14.8 Å². The molecule has 6 nitrogen and oxygen atoms in total. The topological polar surface area (TPSA) is 61.5 Å². The first-order valence-electron chi connectivity index (χ1n) is 11.9. The van der Waals surface area contributed by atoms with Gasteiger partial charge in [0.15, 0.2) is 0 Å². The summed E-state index contributed by atoms with van der Waals surface area (Å²) in [6.45, 7) is 5.58. The molecule has 2 aromatic heterocycles. The Hall–Kier alpha value is -3.42. The molecule has 1 N–H and O–H groups in total. The minimum Gasteiger partial charge on any atom is -0.492 e. The molecule has 1 unspecified atom stereocenters. The molecule has 35 heavy (non-hydrogen) atoms. The molecule has 2 aromatic carbocycles. The minimum atomic E-state index is -0.323. The van der Waals surface area contributed by atoms with Gasteiger partial charge < -0.3 is 9.64 Å². The van der Waals surface area contributed by atoms with E-state index in [1.165, 1.54) is 5.56 Å². The van der Waals surface area contributed by atoms with Crippen molar-refractivity contribution in [2.24, 2.45) is 0 Å². The maximum Gasteiger partial charge on any atom is 0.277 e. The number of aromatic nitrogens is 2. The van der Waals surface area contributed by atoms with E-state index in [1.54, 1.807) is 11.3 Å². The number of rotatable bonds is 8. The van der Waals surface area contributed by atoms with Gasteiger partial charge in [-0.05, 0) is 66.2 Å². The summed E-state index contributed by atoms with van der Waals surface area (Å²) in [5, 5.41) is 11.8. The number of nitrogens with zero attached hydrogens (tertiary/aromatic N) is 3. The molecule has 1 atom stereocenters. The average molecular weight is 487 g/mol. The summed E-state index contributed by atoms with van der Waals surface area (Å²) in [5.41, 5.74) is 6.54. The fourth-order valence-corrected chi connectivity index (χ4v) is 5.26. The number of anilines is 1. The molecular weight excluding hydrogens is 456 g/mol. The SMILES string of the molecule is CC(C)c1n[nH]c2c1C(c1ccccc1OCCN(C)C)N(c1ccc(-c3ccsc3)cc1)C2=O. The summed E-state index contributed by atoms with van der Waals surface area (Å²) >= 11 is 1.68. The molecule has 0 radical (unpaired) electrons. The van der Waals surface area contributed by atoms with E-state index in [9.17, 15) is 4.79 Å². The lowest BCUT2D eigenvalue weighted by atomic mass is 9.94. The lowest BCUT2D eigenvalue weighted by Gasteiger charge is -2.28. The summed E-state index contributed by atoms with van der Waals surface area (Å²) in [6, 6.07) is 18.0. The number of benzene rings is 2. The molecule has 180 valence electrons. The van der Waals surface area contributed by atoms with Crippen LogP contribution in [-0.2, 0) is 0 Å². The van der Waals surface area contributed by atoms with Gasteiger partial charge in [0, 0.05) is 23.4 Å². The third kappa shape index (κ3) is 4.37. The summed E-state index contributed by atoms with van der Waals surface area (Å²) in [4.78, 5) is 17.7. The van der Waals surface area contributed by atoms with Crippen molar-refractivity contribution < 1.29 is 9.53 Å². The van der Waals surface area contributed by atoms with Crippen LogP contribution in [0.2, 0.25) is 0 Å². The molecule has 0 bridgehead atoms. The zero-order valence-corrected chi connectivity index (χ0v) is 21.3. The van der Waals surface area contributed by atoms with Gasteiger partial charge in [0.05, 0.1) is 11.7 Å². The number of hydrogen-bond donors (Lipinski definition) is 1. The van der Waals surface area contributed by atoms with Gasteiger partial charge in [-0.2, -0.15) is 16.4 Å². The first kappa shape index (κ1) is 23.3. The molecule has 5 rings (SSSR count). The highest BCUT2D eigenvalue weighted by Crippen LogP contribution is 2.46. The molecule has 4 aromatic rings. The first-order valence-corrected chi connectivity index (χ1v) is 12.8. The zero-order chi connectivity index (χ0) is 24.5. The lowest BCUT2D eigenvalue weighted by molar-refractivity contribution is 0.0988. The number of carbonyl (C=O) groups is 1. The van der Waals surface area contributed by atoms with Crippen LogP contribution in [0.25, 0.3) is 11.1 Å². The van der Waals surface area contributed by atoms with Crippen molar-refractivity contribution in [2.75, 3.05) is 32.1 Å². The Kier molecular flexibility index (Phi) is 6.45. The molecule has 0 saturated heterocycles. The number of carbonyl (C=O) groups excluding carboxylic acids is 1. The number of fused-ring (bicyclic) bond motifs is 1. The van der Waals surface area contributed by atoms with Gasteiger partial charge in [-0.25, -0.2) is 0 Å². The fraction of sp³-hybridized carbons (Fsp3) is 0.286. The molecule has 0 saturated carbocycles. The molecular formula is C28H30N4O2S. The number of H-pyrrole nitrogens is 1. The molecule has 3 heterocycles. The van der Waals surface area contributed by atoms with E-state index >= 15 is 0 Å². The molecule has 0 aliphatic carbocycles. The van der Waals surface area contributed by atoms with Crippen molar-refractivity contribution in [3.05, 3.63) is 87.9 Å². The second kappa shape index (κ2) is 9.68. The highest BCUT2D eigenvalue weighted by Gasteiger charge is 2.44. The predicted octanol–water partition coefficient (Wildman–Crippen LogP) is 5.95. The Bertz CT molecular complexity index is 1310. The lowest BCUT2D eigenvalue weighted by Crippen LogP contribution is -2.30. The van der Waals surface area contributed by atoms with Crippen LogP contribution < -0.4 is 9.64 Å². The second-order valence-electron chi connectivity index (χ2n) is 9.38. The second-order valence-corrected chi connectivity index (χ2v) is 10.2. The number of thiophene rings is 1. The van der Waals surface area contributed by atoms with Crippen LogP contribution in [0, 0.1) is 0 Å². The monoisotopic (exact) mass is 486 g/mol. The zero-order valence-electron chi connectivity index (χ0n) is 20.5. The summed E-state index contributed by atoms with van der Waals surface area (Å²) in [6.07, 6.45) is 0. The van der Waals surface area contributed by atoms with Crippen molar-refractivity contribution in [1.29, 1.82) is 0 Å². The number of likely N-dealkylation sites (N-methyl/N-ethyl adjacent to an activating group) is 1. The number of amides is 1. The standard InChI is InChI=1S/C28H30N4O2S/c1-18(2)25-24-26(30-29-25)28(33)32(21-11-9-19(10-12-21)20-13-16-35-17-20)27(24)22-7-5-6-8-23(22)34-15-14-31(3)4/h5-13,16-18,27H,14-15H2,1-4H3,(H,29,30). The third-order valence-corrected chi connectivity index (χ3v) is 7.04.